The quantitative estimate of drug-likeness (QED) is 0.839. The summed E-state index contributed by atoms with van der Waals surface area (Å²) in [5, 5.41) is 9.44. The zero-order valence-corrected chi connectivity index (χ0v) is 10.2. The first-order valence-electron chi connectivity index (χ1n) is 5.62. The number of methoxy groups -OCH3 is 2. The Balaban J connectivity index is 2.23. The summed E-state index contributed by atoms with van der Waals surface area (Å²) < 4.78 is 15.7. The summed E-state index contributed by atoms with van der Waals surface area (Å²) >= 11 is 0. The second-order valence-corrected chi connectivity index (χ2v) is 4.51. The van der Waals surface area contributed by atoms with Crippen LogP contribution in [0.2, 0.25) is 0 Å². The predicted octanol–water partition coefficient (Wildman–Crippen LogP) is 1.26. The molecule has 0 aliphatic carbocycles. The molecule has 0 atom stereocenters. The average Bonchev–Trinajstić information content (AvgIpc) is 2.33. The molecule has 0 bridgehead atoms. The Morgan fingerprint density at radius 2 is 2.06 bits per heavy atom. The lowest BCUT2D eigenvalue weighted by atomic mass is 9.80. The Kier molecular flexibility index (Phi) is 3.54. The highest BCUT2D eigenvalue weighted by atomic mass is 16.5. The van der Waals surface area contributed by atoms with E-state index in [2.05, 4.69) is 0 Å². The van der Waals surface area contributed by atoms with Crippen LogP contribution in [0.1, 0.15) is 5.56 Å². The molecule has 1 aliphatic heterocycles. The molecule has 0 unspecified atom stereocenters. The third-order valence-corrected chi connectivity index (χ3v) is 3.20. The maximum Gasteiger partial charge on any atom is 0.122 e. The van der Waals surface area contributed by atoms with Crippen molar-refractivity contribution in [2.45, 2.75) is 6.42 Å². The molecule has 94 valence electrons. The van der Waals surface area contributed by atoms with Gasteiger partial charge in [-0.15, -0.1) is 0 Å². The lowest BCUT2D eigenvalue weighted by Crippen LogP contribution is -2.47. The van der Waals surface area contributed by atoms with Crippen molar-refractivity contribution in [2.75, 3.05) is 34.0 Å². The van der Waals surface area contributed by atoms with Crippen molar-refractivity contribution < 1.29 is 19.3 Å². The minimum absolute atomic E-state index is 0.132. The second kappa shape index (κ2) is 4.94. The molecule has 0 radical (unpaired) electrons. The Bertz CT molecular complexity index is 379. The largest absolute Gasteiger partial charge is 0.497 e. The van der Waals surface area contributed by atoms with E-state index in [9.17, 15) is 5.11 Å². The Labute approximate surface area is 101 Å². The van der Waals surface area contributed by atoms with E-state index in [1.807, 2.05) is 18.2 Å². The average molecular weight is 238 g/mol. The van der Waals surface area contributed by atoms with Gasteiger partial charge in [0, 0.05) is 5.41 Å². The maximum absolute atomic E-state index is 9.44. The molecule has 1 aliphatic rings. The van der Waals surface area contributed by atoms with E-state index in [0.29, 0.717) is 13.2 Å². The monoisotopic (exact) mass is 238 g/mol. The van der Waals surface area contributed by atoms with Gasteiger partial charge in [0.15, 0.2) is 0 Å². The van der Waals surface area contributed by atoms with E-state index < -0.39 is 0 Å². The number of rotatable bonds is 5. The van der Waals surface area contributed by atoms with Gasteiger partial charge in [0.1, 0.15) is 11.5 Å². The summed E-state index contributed by atoms with van der Waals surface area (Å²) in [6.07, 6.45) is 0.740. The van der Waals surface area contributed by atoms with Crippen molar-refractivity contribution >= 4 is 0 Å². The van der Waals surface area contributed by atoms with Crippen LogP contribution < -0.4 is 9.47 Å². The number of benzene rings is 1. The highest BCUT2D eigenvalue weighted by Crippen LogP contribution is 2.35. The number of hydrogen-bond donors (Lipinski definition) is 1. The fourth-order valence-electron chi connectivity index (χ4n) is 2.06. The molecule has 17 heavy (non-hydrogen) atoms. The summed E-state index contributed by atoms with van der Waals surface area (Å²) in [4.78, 5) is 0. The zero-order chi connectivity index (χ0) is 12.3. The lowest BCUT2D eigenvalue weighted by Gasteiger charge is -2.40. The van der Waals surface area contributed by atoms with Gasteiger partial charge in [-0.3, -0.25) is 0 Å². The Hall–Kier alpha value is -1.26. The molecule has 2 rings (SSSR count). The van der Waals surface area contributed by atoms with E-state index in [-0.39, 0.29) is 12.0 Å². The fraction of sp³-hybridized carbons (Fsp3) is 0.538. The summed E-state index contributed by atoms with van der Waals surface area (Å²) in [5.41, 5.74) is 0.892. The van der Waals surface area contributed by atoms with E-state index in [0.717, 1.165) is 23.5 Å². The van der Waals surface area contributed by atoms with Gasteiger partial charge >= 0.3 is 0 Å². The summed E-state index contributed by atoms with van der Waals surface area (Å²) in [6, 6.07) is 5.71. The molecule has 0 aromatic heterocycles. The molecule has 1 N–H and O–H groups in total. The molecule has 4 heteroatoms. The van der Waals surface area contributed by atoms with Gasteiger partial charge in [-0.2, -0.15) is 0 Å². The van der Waals surface area contributed by atoms with Crippen LogP contribution >= 0.6 is 0 Å². The SMILES string of the molecule is COc1ccc(OC)c(CC2(CO)COC2)c1. The lowest BCUT2D eigenvalue weighted by molar-refractivity contribution is -0.136. The summed E-state index contributed by atoms with van der Waals surface area (Å²) in [7, 11) is 3.29. The van der Waals surface area contributed by atoms with Crippen LogP contribution in [0.3, 0.4) is 0 Å². The second-order valence-electron chi connectivity index (χ2n) is 4.51. The number of aliphatic hydroxyl groups excluding tert-OH is 1. The minimum atomic E-state index is -0.153. The molecular formula is C13H18O4. The van der Waals surface area contributed by atoms with Gasteiger partial charge in [-0.1, -0.05) is 0 Å². The van der Waals surface area contributed by atoms with Crippen LogP contribution in [0, 0.1) is 5.41 Å². The molecule has 1 saturated heterocycles. The smallest absolute Gasteiger partial charge is 0.122 e. The van der Waals surface area contributed by atoms with Gasteiger partial charge in [-0.05, 0) is 30.2 Å². The Morgan fingerprint density at radius 3 is 2.53 bits per heavy atom. The van der Waals surface area contributed by atoms with Crippen LogP contribution in [0.25, 0.3) is 0 Å². The maximum atomic E-state index is 9.44. The normalized spacial score (nSPS) is 17.4. The summed E-state index contributed by atoms with van der Waals surface area (Å²) in [5.74, 6) is 1.62. The van der Waals surface area contributed by atoms with Gasteiger partial charge < -0.3 is 19.3 Å². The molecule has 0 spiro atoms. The molecule has 1 aromatic rings. The van der Waals surface area contributed by atoms with Crippen LogP contribution in [0.4, 0.5) is 0 Å². The van der Waals surface area contributed by atoms with Gasteiger partial charge in [0.05, 0.1) is 34.0 Å². The van der Waals surface area contributed by atoms with E-state index in [1.54, 1.807) is 14.2 Å². The van der Waals surface area contributed by atoms with Crippen molar-refractivity contribution in [1.29, 1.82) is 0 Å². The molecule has 4 nitrogen and oxygen atoms in total. The third kappa shape index (κ3) is 2.37. The van der Waals surface area contributed by atoms with E-state index >= 15 is 0 Å². The first kappa shape index (κ1) is 12.2. The fourth-order valence-corrected chi connectivity index (χ4v) is 2.06. The standard InChI is InChI=1S/C13H18O4/c1-15-11-3-4-12(16-2)10(5-11)6-13(7-14)8-17-9-13/h3-5,14H,6-9H2,1-2H3. The highest BCUT2D eigenvalue weighted by Gasteiger charge is 2.38. The molecule has 1 heterocycles. The van der Waals surface area contributed by atoms with E-state index in [1.165, 1.54) is 0 Å². The van der Waals surface area contributed by atoms with Crippen molar-refractivity contribution in [2.24, 2.45) is 5.41 Å². The topological polar surface area (TPSA) is 47.9 Å². The van der Waals surface area contributed by atoms with Gasteiger partial charge in [-0.25, -0.2) is 0 Å². The van der Waals surface area contributed by atoms with Crippen LogP contribution in [-0.4, -0.2) is 39.1 Å². The van der Waals surface area contributed by atoms with Crippen molar-refractivity contribution in [3.8, 4) is 11.5 Å². The zero-order valence-electron chi connectivity index (χ0n) is 10.2. The molecule has 1 aromatic carbocycles. The summed E-state index contributed by atoms with van der Waals surface area (Å²) in [6.45, 7) is 1.33. The predicted molar refractivity (Wildman–Crippen MR) is 63.6 cm³/mol. The first-order valence-corrected chi connectivity index (χ1v) is 5.62. The Morgan fingerprint density at radius 1 is 1.29 bits per heavy atom. The number of ether oxygens (including phenoxy) is 3. The molecule has 1 fully saturated rings. The van der Waals surface area contributed by atoms with Gasteiger partial charge in [0.25, 0.3) is 0 Å². The number of hydrogen-bond acceptors (Lipinski definition) is 4. The van der Waals surface area contributed by atoms with Gasteiger partial charge in [0.2, 0.25) is 0 Å². The first-order chi connectivity index (χ1) is 8.23. The molecular weight excluding hydrogens is 220 g/mol. The third-order valence-electron chi connectivity index (χ3n) is 3.20. The van der Waals surface area contributed by atoms with Crippen molar-refractivity contribution in [3.63, 3.8) is 0 Å². The van der Waals surface area contributed by atoms with Crippen molar-refractivity contribution in [3.05, 3.63) is 23.8 Å². The van der Waals surface area contributed by atoms with Crippen LogP contribution in [0.15, 0.2) is 18.2 Å². The number of aliphatic hydroxyl groups is 1. The molecule has 0 saturated carbocycles. The molecule has 0 amide bonds. The van der Waals surface area contributed by atoms with Crippen LogP contribution in [-0.2, 0) is 11.2 Å². The van der Waals surface area contributed by atoms with E-state index in [4.69, 9.17) is 14.2 Å². The minimum Gasteiger partial charge on any atom is -0.497 e. The van der Waals surface area contributed by atoms with Crippen LogP contribution in [0.5, 0.6) is 11.5 Å². The van der Waals surface area contributed by atoms with Crippen molar-refractivity contribution in [1.82, 2.24) is 0 Å². The highest BCUT2D eigenvalue weighted by molar-refractivity contribution is 5.41.